The number of ether oxygens (including phenoxy) is 1. The highest BCUT2D eigenvalue weighted by molar-refractivity contribution is 5.90. The van der Waals surface area contributed by atoms with Gasteiger partial charge in [0.05, 0.1) is 6.61 Å². The molecular weight excluding hydrogens is 325 g/mol. The van der Waals surface area contributed by atoms with Gasteiger partial charge in [0.25, 0.3) is 0 Å². The van der Waals surface area contributed by atoms with Crippen LogP contribution in [0.15, 0.2) is 48.5 Å². The van der Waals surface area contributed by atoms with E-state index in [1.165, 1.54) is 12.1 Å². The predicted molar refractivity (Wildman–Crippen MR) is 92.2 cm³/mol. The molecule has 1 amide bonds. The number of benzene rings is 2. The molecule has 2 rings (SSSR count). The number of anilines is 1. The molecule has 0 aliphatic heterocycles. The van der Waals surface area contributed by atoms with Crippen LogP contribution in [-0.4, -0.2) is 23.6 Å². The first kappa shape index (κ1) is 18.4. The monoisotopic (exact) mass is 345 g/mol. The molecule has 132 valence electrons. The number of carbonyl (C=O) groups excluding carboxylic acids is 1. The first-order valence-electron chi connectivity index (χ1n) is 8.02. The molecule has 0 heterocycles. The van der Waals surface area contributed by atoms with Gasteiger partial charge in [-0.05, 0) is 42.7 Å². The molecule has 2 aromatic carbocycles. The smallest absolute Gasteiger partial charge is 0.303 e. The van der Waals surface area contributed by atoms with Gasteiger partial charge in [0.2, 0.25) is 5.91 Å². The van der Waals surface area contributed by atoms with Gasteiger partial charge in [-0.2, -0.15) is 0 Å². The Morgan fingerprint density at radius 2 is 1.88 bits per heavy atom. The molecule has 0 saturated heterocycles. The highest BCUT2D eigenvalue weighted by atomic mass is 19.1. The summed E-state index contributed by atoms with van der Waals surface area (Å²) < 4.78 is 18.4. The van der Waals surface area contributed by atoms with Gasteiger partial charge in [-0.15, -0.1) is 0 Å². The molecule has 6 heteroatoms. The Morgan fingerprint density at radius 3 is 2.64 bits per heavy atom. The van der Waals surface area contributed by atoms with E-state index in [0.717, 1.165) is 5.56 Å². The maximum absolute atomic E-state index is 13.0. The Bertz CT molecular complexity index is 733. The van der Waals surface area contributed by atoms with Gasteiger partial charge in [-0.25, -0.2) is 4.39 Å². The van der Waals surface area contributed by atoms with Crippen molar-refractivity contribution in [3.63, 3.8) is 0 Å². The minimum atomic E-state index is -0.854. The van der Waals surface area contributed by atoms with Gasteiger partial charge in [0.1, 0.15) is 11.6 Å². The Morgan fingerprint density at radius 1 is 1.08 bits per heavy atom. The lowest BCUT2D eigenvalue weighted by Crippen LogP contribution is -2.13. The van der Waals surface area contributed by atoms with Crippen LogP contribution in [0.25, 0.3) is 0 Å². The zero-order chi connectivity index (χ0) is 18.1. The van der Waals surface area contributed by atoms with Gasteiger partial charge >= 0.3 is 5.97 Å². The standard InChI is InChI=1S/C19H20FNO4/c20-15-5-2-7-17(13-15)25-11-3-8-18(22)21-16-6-1-4-14(12-16)9-10-19(23)24/h1-2,4-7,12-13H,3,8-11H2,(H,21,22)(H,23,24). The largest absolute Gasteiger partial charge is 0.493 e. The van der Waals surface area contributed by atoms with Crippen molar-refractivity contribution < 1.29 is 23.8 Å². The zero-order valence-electron chi connectivity index (χ0n) is 13.7. The van der Waals surface area contributed by atoms with Gasteiger partial charge in [0, 0.05) is 24.6 Å². The summed E-state index contributed by atoms with van der Waals surface area (Å²) in [6.07, 6.45) is 1.24. The molecule has 25 heavy (non-hydrogen) atoms. The van der Waals surface area contributed by atoms with Crippen molar-refractivity contribution in [2.45, 2.75) is 25.7 Å². The fraction of sp³-hybridized carbons (Fsp3) is 0.263. The molecule has 0 fully saturated rings. The van der Waals surface area contributed by atoms with E-state index in [9.17, 15) is 14.0 Å². The number of carboxylic acid groups (broad SMARTS) is 1. The van der Waals surface area contributed by atoms with Crippen LogP contribution in [0.3, 0.4) is 0 Å². The summed E-state index contributed by atoms with van der Waals surface area (Å²) in [5.74, 6) is -0.935. The number of carbonyl (C=O) groups is 2. The SMILES string of the molecule is O=C(O)CCc1cccc(NC(=O)CCCOc2cccc(F)c2)c1. The van der Waals surface area contributed by atoms with Crippen molar-refractivity contribution in [2.75, 3.05) is 11.9 Å². The lowest BCUT2D eigenvalue weighted by atomic mass is 10.1. The Hall–Kier alpha value is -2.89. The Labute approximate surface area is 145 Å². The van der Waals surface area contributed by atoms with Crippen molar-refractivity contribution in [3.8, 4) is 5.75 Å². The summed E-state index contributed by atoms with van der Waals surface area (Å²) in [5, 5.41) is 11.5. The van der Waals surface area contributed by atoms with Crippen molar-refractivity contribution in [1.29, 1.82) is 0 Å². The van der Waals surface area contributed by atoms with Crippen LogP contribution in [0.4, 0.5) is 10.1 Å². The fourth-order valence-electron chi connectivity index (χ4n) is 2.26. The average molecular weight is 345 g/mol. The minimum absolute atomic E-state index is 0.0504. The summed E-state index contributed by atoms with van der Waals surface area (Å²) in [6, 6.07) is 13.0. The third-order valence-corrected chi connectivity index (χ3v) is 3.45. The van der Waals surface area contributed by atoms with Gasteiger partial charge in [-0.1, -0.05) is 18.2 Å². The first-order valence-corrected chi connectivity index (χ1v) is 8.02. The lowest BCUT2D eigenvalue weighted by molar-refractivity contribution is -0.137. The average Bonchev–Trinajstić information content (AvgIpc) is 2.57. The molecule has 0 aliphatic carbocycles. The molecule has 0 saturated carbocycles. The van der Waals surface area contributed by atoms with E-state index in [0.29, 0.717) is 30.9 Å². The lowest BCUT2D eigenvalue weighted by Gasteiger charge is -2.08. The highest BCUT2D eigenvalue weighted by Gasteiger charge is 2.05. The van der Waals surface area contributed by atoms with E-state index < -0.39 is 5.97 Å². The summed E-state index contributed by atoms with van der Waals surface area (Å²) in [5.41, 5.74) is 1.49. The molecule has 0 atom stereocenters. The second-order valence-corrected chi connectivity index (χ2v) is 5.55. The predicted octanol–water partition coefficient (Wildman–Crippen LogP) is 3.64. The van der Waals surface area contributed by atoms with Crippen molar-refractivity contribution >= 4 is 17.6 Å². The fourth-order valence-corrected chi connectivity index (χ4v) is 2.26. The van der Waals surface area contributed by atoms with Crippen LogP contribution < -0.4 is 10.1 Å². The second kappa shape index (κ2) is 9.42. The van der Waals surface area contributed by atoms with Crippen LogP contribution in [-0.2, 0) is 16.0 Å². The number of hydrogen-bond acceptors (Lipinski definition) is 3. The summed E-state index contributed by atoms with van der Waals surface area (Å²) in [7, 11) is 0. The first-order chi connectivity index (χ1) is 12.0. The van der Waals surface area contributed by atoms with Crippen LogP contribution in [0.1, 0.15) is 24.8 Å². The molecule has 0 unspecified atom stereocenters. The van der Waals surface area contributed by atoms with Gasteiger partial charge in [0.15, 0.2) is 0 Å². The molecular formula is C19H20FNO4. The highest BCUT2D eigenvalue weighted by Crippen LogP contribution is 2.14. The molecule has 0 aliphatic rings. The number of amides is 1. The quantitative estimate of drug-likeness (QED) is 0.680. The maximum Gasteiger partial charge on any atom is 0.303 e. The van der Waals surface area contributed by atoms with Crippen LogP contribution in [0.5, 0.6) is 5.75 Å². The van der Waals surface area contributed by atoms with E-state index in [1.54, 1.807) is 30.3 Å². The summed E-state index contributed by atoms with van der Waals surface area (Å²) >= 11 is 0. The Kier molecular flexibility index (Phi) is 6.95. The molecule has 0 radical (unpaired) electrons. The minimum Gasteiger partial charge on any atom is -0.493 e. The second-order valence-electron chi connectivity index (χ2n) is 5.55. The Balaban J connectivity index is 1.72. The van der Waals surface area contributed by atoms with E-state index in [1.807, 2.05) is 6.07 Å². The van der Waals surface area contributed by atoms with E-state index in [-0.39, 0.29) is 24.6 Å². The molecule has 2 N–H and O–H groups in total. The number of aliphatic carboxylic acids is 1. The van der Waals surface area contributed by atoms with E-state index in [2.05, 4.69) is 5.32 Å². The summed E-state index contributed by atoms with van der Waals surface area (Å²) in [6.45, 7) is 0.315. The molecule has 2 aromatic rings. The number of carboxylic acids is 1. The maximum atomic E-state index is 13.0. The normalized spacial score (nSPS) is 10.3. The van der Waals surface area contributed by atoms with E-state index in [4.69, 9.17) is 9.84 Å². The van der Waals surface area contributed by atoms with Crippen molar-refractivity contribution in [1.82, 2.24) is 0 Å². The summed E-state index contributed by atoms with van der Waals surface area (Å²) in [4.78, 5) is 22.5. The van der Waals surface area contributed by atoms with Gasteiger partial charge < -0.3 is 15.2 Å². The third-order valence-electron chi connectivity index (χ3n) is 3.45. The molecule has 0 spiro atoms. The van der Waals surface area contributed by atoms with Crippen LogP contribution >= 0.6 is 0 Å². The number of aryl methyl sites for hydroxylation is 1. The molecule has 5 nitrogen and oxygen atoms in total. The van der Waals surface area contributed by atoms with Crippen LogP contribution in [0, 0.1) is 5.82 Å². The zero-order valence-corrected chi connectivity index (χ0v) is 13.7. The van der Waals surface area contributed by atoms with E-state index >= 15 is 0 Å². The van der Waals surface area contributed by atoms with Crippen LogP contribution in [0.2, 0.25) is 0 Å². The molecule has 0 aromatic heterocycles. The molecule has 0 bridgehead atoms. The number of hydrogen-bond donors (Lipinski definition) is 2. The van der Waals surface area contributed by atoms with Crippen molar-refractivity contribution in [3.05, 3.63) is 59.9 Å². The number of halogens is 1. The number of nitrogens with one attached hydrogen (secondary N) is 1. The van der Waals surface area contributed by atoms with Gasteiger partial charge in [-0.3, -0.25) is 9.59 Å². The van der Waals surface area contributed by atoms with Crippen molar-refractivity contribution in [2.24, 2.45) is 0 Å². The third kappa shape index (κ3) is 7.03. The topological polar surface area (TPSA) is 75.6 Å². The number of rotatable bonds is 9.